The number of anilines is 1. The summed E-state index contributed by atoms with van der Waals surface area (Å²) in [6.07, 6.45) is 3.91. The fraction of sp³-hybridized carbons (Fsp3) is 0.625. The van der Waals surface area contributed by atoms with Gasteiger partial charge in [-0.15, -0.1) is 0 Å². The average molecular weight is 247 g/mol. The summed E-state index contributed by atoms with van der Waals surface area (Å²) in [5.41, 5.74) is 2.52. The number of rotatable bonds is 3. The standard InChI is InChI=1S/C16H25NO/c1-11-5-6-14(9-12(11)2)17-16-8-7-15(18-4)10-13(16)3/h7-8,10-12,14,17H,5-6,9H2,1-4H3. The van der Waals surface area contributed by atoms with Gasteiger partial charge in [0.1, 0.15) is 5.75 Å². The van der Waals surface area contributed by atoms with Gasteiger partial charge in [0.05, 0.1) is 7.11 Å². The Kier molecular flexibility index (Phi) is 4.15. The minimum absolute atomic E-state index is 0.628. The lowest BCUT2D eigenvalue weighted by atomic mass is 9.79. The number of benzene rings is 1. The van der Waals surface area contributed by atoms with E-state index in [1.165, 1.54) is 30.5 Å². The largest absolute Gasteiger partial charge is 0.497 e. The highest BCUT2D eigenvalue weighted by atomic mass is 16.5. The van der Waals surface area contributed by atoms with E-state index < -0.39 is 0 Å². The SMILES string of the molecule is COc1ccc(NC2CCC(C)C(C)C2)c(C)c1. The molecule has 3 atom stereocenters. The van der Waals surface area contributed by atoms with Crippen LogP contribution >= 0.6 is 0 Å². The van der Waals surface area contributed by atoms with E-state index in [0.717, 1.165) is 17.6 Å². The molecule has 0 aliphatic heterocycles. The molecule has 18 heavy (non-hydrogen) atoms. The van der Waals surface area contributed by atoms with Crippen LogP contribution in [0.3, 0.4) is 0 Å². The van der Waals surface area contributed by atoms with Crippen molar-refractivity contribution in [1.29, 1.82) is 0 Å². The van der Waals surface area contributed by atoms with Gasteiger partial charge in [-0.2, -0.15) is 0 Å². The smallest absolute Gasteiger partial charge is 0.119 e. The van der Waals surface area contributed by atoms with Gasteiger partial charge in [-0.1, -0.05) is 13.8 Å². The van der Waals surface area contributed by atoms with Crippen molar-refractivity contribution in [3.63, 3.8) is 0 Å². The van der Waals surface area contributed by atoms with Crippen molar-refractivity contribution >= 4 is 5.69 Å². The van der Waals surface area contributed by atoms with Gasteiger partial charge >= 0.3 is 0 Å². The van der Waals surface area contributed by atoms with Gasteiger partial charge < -0.3 is 10.1 Å². The summed E-state index contributed by atoms with van der Waals surface area (Å²) in [5, 5.41) is 3.70. The molecule has 0 amide bonds. The molecule has 0 aromatic heterocycles. The van der Waals surface area contributed by atoms with E-state index in [4.69, 9.17) is 4.74 Å². The minimum Gasteiger partial charge on any atom is -0.497 e. The summed E-state index contributed by atoms with van der Waals surface area (Å²) in [7, 11) is 1.71. The Morgan fingerprint density at radius 2 is 1.94 bits per heavy atom. The summed E-state index contributed by atoms with van der Waals surface area (Å²) < 4.78 is 5.24. The van der Waals surface area contributed by atoms with Crippen molar-refractivity contribution in [1.82, 2.24) is 0 Å². The first-order valence-electron chi connectivity index (χ1n) is 7.01. The van der Waals surface area contributed by atoms with Gasteiger partial charge in [0.25, 0.3) is 0 Å². The minimum atomic E-state index is 0.628. The highest BCUT2D eigenvalue weighted by Crippen LogP contribution is 2.32. The first-order chi connectivity index (χ1) is 8.60. The monoisotopic (exact) mass is 247 g/mol. The summed E-state index contributed by atoms with van der Waals surface area (Å²) >= 11 is 0. The van der Waals surface area contributed by atoms with E-state index in [2.05, 4.69) is 38.2 Å². The van der Waals surface area contributed by atoms with Crippen molar-refractivity contribution in [2.75, 3.05) is 12.4 Å². The summed E-state index contributed by atoms with van der Waals surface area (Å²) in [4.78, 5) is 0. The molecule has 2 rings (SSSR count). The number of hydrogen-bond donors (Lipinski definition) is 1. The number of aryl methyl sites for hydroxylation is 1. The summed E-state index contributed by atoms with van der Waals surface area (Å²) in [6, 6.07) is 6.89. The predicted molar refractivity (Wildman–Crippen MR) is 77.3 cm³/mol. The number of methoxy groups -OCH3 is 1. The number of ether oxygens (including phenoxy) is 1. The lowest BCUT2D eigenvalue weighted by Crippen LogP contribution is -2.30. The van der Waals surface area contributed by atoms with E-state index in [0.29, 0.717) is 6.04 Å². The van der Waals surface area contributed by atoms with Crippen molar-refractivity contribution in [3.05, 3.63) is 23.8 Å². The zero-order valence-electron chi connectivity index (χ0n) is 12.0. The van der Waals surface area contributed by atoms with Crippen molar-refractivity contribution in [3.8, 4) is 5.75 Å². The maximum absolute atomic E-state index is 5.24. The average Bonchev–Trinajstić information content (AvgIpc) is 2.36. The van der Waals surface area contributed by atoms with Crippen LogP contribution in [-0.4, -0.2) is 13.2 Å². The van der Waals surface area contributed by atoms with Crippen LogP contribution < -0.4 is 10.1 Å². The lowest BCUT2D eigenvalue weighted by Gasteiger charge is -2.33. The Bertz CT molecular complexity index is 402. The Labute approximate surface area is 111 Å². The summed E-state index contributed by atoms with van der Waals surface area (Å²) in [5.74, 6) is 2.64. The van der Waals surface area contributed by atoms with Crippen LogP contribution in [0, 0.1) is 18.8 Å². The van der Waals surface area contributed by atoms with Gasteiger partial charge in [-0.05, 0) is 61.8 Å². The Morgan fingerprint density at radius 3 is 2.56 bits per heavy atom. The highest BCUT2D eigenvalue weighted by molar-refractivity contribution is 5.54. The molecule has 1 saturated carbocycles. The fourth-order valence-electron chi connectivity index (χ4n) is 2.82. The molecule has 2 nitrogen and oxygen atoms in total. The molecular formula is C16H25NO. The van der Waals surface area contributed by atoms with Crippen LogP contribution in [0.5, 0.6) is 5.75 Å². The molecule has 0 spiro atoms. The zero-order chi connectivity index (χ0) is 13.1. The third-order valence-electron chi connectivity index (χ3n) is 4.39. The molecule has 1 N–H and O–H groups in total. The van der Waals surface area contributed by atoms with Crippen LogP contribution in [0.25, 0.3) is 0 Å². The zero-order valence-corrected chi connectivity index (χ0v) is 12.0. The summed E-state index contributed by atoms with van der Waals surface area (Å²) in [6.45, 7) is 6.89. The van der Waals surface area contributed by atoms with E-state index >= 15 is 0 Å². The number of hydrogen-bond acceptors (Lipinski definition) is 2. The van der Waals surface area contributed by atoms with Gasteiger partial charge in [-0.3, -0.25) is 0 Å². The van der Waals surface area contributed by atoms with E-state index in [1.807, 2.05) is 6.07 Å². The molecule has 0 radical (unpaired) electrons. The maximum Gasteiger partial charge on any atom is 0.119 e. The second kappa shape index (κ2) is 5.64. The number of nitrogens with one attached hydrogen (secondary N) is 1. The molecule has 1 aromatic rings. The van der Waals surface area contributed by atoms with Gasteiger partial charge in [0.2, 0.25) is 0 Å². The molecule has 0 heterocycles. The van der Waals surface area contributed by atoms with Crippen molar-refractivity contribution < 1.29 is 4.74 Å². The van der Waals surface area contributed by atoms with Crippen LogP contribution in [0.2, 0.25) is 0 Å². The first kappa shape index (κ1) is 13.3. The quantitative estimate of drug-likeness (QED) is 0.862. The predicted octanol–water partition coefficient (Wildman–Crippen LogP) is 4.24. The topological polar surface area (TPSA) is 21.3 Å². The fourth-order valence-corrected chi connectivity index (χ4v) is 2.82. The third kappa shape index (κ3) is 2.98. The molecule has 0 bridgehead atoms. The van der Waals surface area contributed by atoms with Gasteiger partial charge in [-0.25, -0.2) is 0 Å². The molecule has 100 valence electrons. The molecule has 0 saturated heterocycles. The maximum atomic E-state index is 5.24. The second-order valence-electron chi connectivity index (χ2n) is 5.79. The Balaban J connectivity index is 2.01. The highest BCUT2D eigenvalue weighted by Gasteiger charge is 2.24. The van der Waals surface area contributed by atoms with Crippen LogP contribution in [-0.2, 0) is 0 Å². The van der Waals surface area contributed by atoms with Crippen LogP contribution in [0.15, 0.2) is 18.2 Å². The Hall–Kier alpha value is -1.18. The molecular weight excluding hydrogens is 222 g/mol. The van der Waals surface area contributed by atoms with Crippen LogP contribution in [0.4, 0.5) is 5.69 Å². The van der Waals surface area contributed by atoms with Gasteiger partial charge in [0, 0.05) is 11.7 Å². The molecule has 3 unspecified atom stereocenters. The second-order valence-corrected chi connectivity index (χ2v) is 5.79. The van der Waals surface area contributed by atoms with Crippen LogP contribution in [0.1, 0.15) is 38.7 Å². The first-order valence-corrected chi connectivity index (χ1v) is 7.01. The molecule has 1 aliphatic carbocycles. The molecule has 1 fully saturated rings. The van der Waals surface area contributed by atoms with Gasteiger partial charge in [0.15, 0.2) is 0 Å². The van der Waals surface area contributed by atoms with Crippen molar-refractivity contribution in [2.45, 2.75) is 46.1 Å². The van der Waals surface area contributed by atoms with E-state index in [9.17, 15) is 0 Å². The lowest BCUT2D eigenvalue weighted by molar-refractivity contribution is 0.261. The Morgan fingerprint density at radius 1 is 1.17 bits per heavy atom. The normalized spacial score (nSPS) is 27.9. The molecule has 2 heteroatoms. The van der Waals surface area contributed by atoms with E-state index in [-0.39, 0.29) is 0 Å². The third-order valence-corrected chi connectivity index (χ3v) is 4.39. The van der Waals surface area contributed by atoms with Crippen molar-refractivity contribution in [2.24, 2.45) is 11.8 Å². The van der Waals surface area contributed by atoms with E-state index in [1.54, 1.807) is 7.11 Å². The molecule has 1 aromatic carbocycles. The molecule has 1 aliphatic rings.